The predicted molar refractivity (Wildman–Crippen MR) is 138 cm³/mol. The van der Waals surface area contributed by atoms with Crippen LogP contribution in [0.1, 0.15) is 89.9 Å². The summed E-state index contributed by atoms with van der Waals surface area (Å²) >= 11 is -0.589. The van der Waals surface area contributed by atoms with Crippen molar-refractivity contribution in [1.29, 1.82) is 0 Å². The summed E-state index contributed by atoms with van der Waals surface area (Å²) in [6.07, 6.45) is 11.8. The van der Waals surface area contributed by atoms with Gasteiger partial charge in [0.15, 0.2) is 21.0 Å². The van der Waals surface area contributed by atoms with E-state index in [2.05, 4.69) is 14.0 Å². The minimum absolute atomic E-state index is 0.154. The molecule has 0 aromatic heterocycles. The Bertz CT molecular complexity index is 527. The van der Waals surface area contributed by atoms with E-state index in [0.717, 1.165) is 77.3 Å². The van der Waals surface area contributed by atoms with Gasteiger partial charge in [0.05, 0.1) is 20.6 Å². The largest absolute Gasteiger partial charge is 0.469 e. The van der Waals surface area contributed by atoms with Crippen molar-refractivity contribution in [3.05, 3.63) is 0 Å². The first-order chi connectivity index (χ1) is 15.9. The molecule has 0 rings (SSSR count). The van der Waals surface area contributed by atoms with E-state index < -0.39 is 21.0 Å². The number of hydroxylamine groups is 2. The summed E-state index contributed by atoms with van der Waals surface area (Å²) in [7, 11) is 4.46. The molecule has 0 bridgehead atoms. The Labute approximate surface area is 210 Å². The molecule has 0 saturated carbocycles. The van der Waals surface area contributed by atoms with Gasteiger partial charge in [0.1, 0.15) is 13.1 Å². The molecule has 0 amide bonds. The number of carbonyl (C=O) groups is 3. The second kappa shape index (κ2) is 21.5. The van der Waals surface area contributed by atoms with E-state index in [1.165, 1.54) is 14.2 Å². The highest BCUT2D eigenvalue weighted by Gasteiger charge is 2.30. The van der Waals surface area contributed by atoms with Crippen LogP contribution in [-0.2, 0) is 33.4 Å². The Hall–Kier alpha value is -1.07. The van der Waals surface area contributed by atoms with Crippen molar-refractivity contribution in [3.8, 4) is 0 Å². The molecule has 0 unspecified atom stereocenters. The lowest BCUT2D eigenvalue weighted by Crippen LogP contribution is -2.42. The molecule has 33 heavy (non-hydrogen) atoms. The van der Waals surface area contributed by atoms with Crippen molar-refractivity contribution in [2.45, 2.75) is 89.9 Å². The summed E-state index contributed by atoms with van der Waals surface area (Å²) in [6, 6.07) is 0. The van der Waals surface area contributed by atoms with Crippen LogP contribution in [0.4, 0.5) is 0 Å². The third-order valence-electron chi connectivity index (χ3n) is 5.41. The van der Waals surface area contributed by atoms with Crippen LogP contribution in [0.2, 0.25) is 0 Å². The number of unbranched alkanes of at least 4 members (excludes halogenated alkanes) is 8. The van der Waals surface area contributed by atoms with Gasteiger partial charge in [-0.15, -0.1) is 0 Å². The van der Waals surface area contributed by atoms with Gasteiger partial charge in [0, 0.05) is 39.4 Å². The Morgan fingerprint density at radius 3 is 1.48 bits per heavy atom. The highest BCUT2D eigenvalue weighted by Crippen LogP contribution is 2.26. The maximum Gasteiger partial charge on any atom is 0.367 e. The van der Waals surface area contributed by atoms with Gasteiger partial charge in [-0.3, -0.25) is 14.4 Å². The third kappa shape index (κ3) is 18.0. The van der Waals surface area contributed by atoms with Crippen LogP contribution < -0.4 is 0 Å². The fourth-order valence-electron chi connectivity index (χ4n) is 3.44. The van der Waals surface area contributed by atoms with Gasteiger partial charge >= 0.3 is 17.9 Å². The van der Waals surface area contributed by atoms with Gasteiger partial charge in [-0.2, -0.15) is 0 Å². The molecule has 0 N–H and O–H groups in total. The Morgan fingerprint density at radius 1 is 0.636 bits per heavy atom. The van der Waals surface area contributed by atoms with E-state index in [1.54, 1.807) is 7.11 Å². The number of nitrogens with zero attached hydrogens (tertiary/aromatic N) is 1. The Morgan fingerprint density at radius 2 is 1.06 bits per heavy atom. The molecule has 0 aromatic rings. The third-order valence-corrected chi connectivity index (χ3v) is 7.82. The molecule has 0 aliphatic carbocycles. The summed E-state index contributed by atoms with van der Waals surface area (Å²) in [5.41, 5.74) is 0. The van der Waals surface area contributed by atoms with E-state index in [-0.39, 0.29) is 17.9 Å². The van der Waals surface area contributed by atoms with Crippen molar-refractivity contribution in [2.75, 3.05) is 41.0 Å². The molecule has 0 fully saturated rings. The smallest absolute Gasteiger partial charge is 0.367 e. The van der Waals surface area contributed by atoms with Gasteiger partial charge in [-0.05, 0) is 36.6 Å². The zero-order chi connectivity index (χ0) is 24.8. The van der Waals surface area contributed by atoms with E-state index in [1.807, 2.05) is 0 Å². The van der Waals surface area contributed by atoms with Gasteiger partial charge < -0.3 is 14.2 Å². The quantitative estimate of drug-likeness (QED) is 0.0578. The minimum Gasteiger partial charge on any atom is -0.469 e. The molecular formula is C24H45INO7+. The average molecular weight is 587 g/mol. The normalized spacial score (nSPS) is 11.2. The van der Waals surface area contributed by atoms with E-state index in [0.29, 0.717) is 35.1 Å². The molecular weight excluding hydrogens is 541 g/mol. The van der Waals surface area contributed by atoms with Crippen LogP contribution in [0, 0.1) is 0 Å². The highest BCUT2D eigenvalue weighted by molar-refractivity contribution is 14.1. The molecule has 0 aliphatic heterocycles. The lowest BCUT2D eigenvalue weighted by molar-refractivity contribution is -0.944. The van der Waals surface area contributed by atoms with Crippen molar-refractivity contribution in [3.63, 3.8) is 0 Å². The monoisotopic (exact) mass is 586 g/mol. The molecule has 0 spiro atoms. The standard InChI is InChI=1S/C24H45INO7/c1-25-26(33-24(29)18-15-21-30-2,19-13-9-5-7-11-16-22(27)31-3)20-14-10-6-8-12-17-23(28)32-4/h1,5-21H2,2-4H3/q+1. The lowest BCUT2D eigenvalue weighted by atomic mass is 10.1. The lowest BCUT2D eigenvalue weighted by Gasteiger charge is -2.29. The molecule has 0 saturated heterocycles. The number of ether oxygens (including phenoxy) is 3. The molecule has 0 heterocycles. The van der Waals surface area contributed by atoms with Crippen molar-refractivity contribution in [2.24, 2.45) is 0 Å². The molecule has 0 atom stereocenters. The zero-order valence-electron chi connectivity index (χ0n) is 20.9. The van der Waals surface area contributed by atoms with Gasteiger partial charge in [0.2, 0.25) is 0 Å². The van der Waals surface area contributed by atoms with Gasteiger partial charge in [0.25, 0.3) is 0 Å². The first-order valence-electron chi connectivity index (χ1n) is 12.1. The number of quaternary nitrogens is 1. The molecule has 8 nitrogen and oxygen atoms in total. The van der Waals surface area contributed by atoms with E-state index >= 15 is 0 Å². The van der Waals surface area contributed by atoms with E-state index in [4.69, 9.17) is 9.57 Å². The van der Waals surface area contributed by atoms with Crippen LogP contribution in [-0.4, -0.2) is 66.3 Å². The minimum atomic E-state index is -0.589. The number of methoxy groups -OCH3 is 3. The second-order valence-electron chi connectivity index (χ2n) is 8.10. The fourth-order valence-corrected chi connectivity index (χ4v) is 5.16. The Kier molecular flexibility index (Phi) is 20.8. The van der Waals surface area contributed by atoms with Crippen LogP contribution in [0.3, 0.4) is 0 Å². The van der Waals surface area contributed by atoms with Crippen LogP contribution in [0.5, 0.6) is 0 Å². The summed E-state index contributed by atoms with van der Waals surface area (Å²) < 4.78 is 19.0. The summed E-state index contributed by atoms with van der Waals surface area (Å²) in [4.78, 5) is 40.8. The number of hydrogen-bond donors (Lipinski definition) is 0. The van der Waals surface area contributed by atoms with Gasteiger partial charge in [-0.1, -0.05) is 28.5 Å². The fraction of sp³-hybridized carbons (Fsp3) is 0.833. The first kappa shape index (κ1) is 31.9. The van der Waals surface area contributed by atoms with E-state index in [9.17, 15) is 14.4 Å². The summed E-state index contributed by atoms with van der Waals surface area (Å²) in [6.45, 7) is 2.14. The maximum atomic E-state index is 12.4. The van der Waals surface area contributed by atoms with Crippen molar-refractivity contribution in [1.82, 2.24) is 0 Å². The second-order valence-corrected chi connectivity index (χ2v) is 10.5. The molecule has 194 valence electrons. The average Bonchev–Trinajstić information content (AvgIpc) is 2.82. The predicted octanol–water partition coefficient (Wildman–Crippen LogP) is 5.03. The highest BCUT2D eigenvalue weighted by atomic mass is 127. The van der Waals surface area contributed by atoms with Gasteiger partial charge in [-0.25, -0.2) is 4.79 Å². The molecule has 9 heteroatoms. The van der Waals surface area contributed by atoms with Crippen LogP contribution in [0.25, 0.3) is 0 Å². The summed E-state index contributed by atoms with van der Waals surface area (Å²) in [5.74, 6) is -0.483. The van der Waals surface area contributed by atoms with Crippen molar-refractivity contribution >= 4 is 43.4 Å². The topological polar surface area (TPSA) is 88.1 Å². The maximum absolute atomic E-state index is 12.4. The zero-order valence-corrected chi connectivity index (χ0v) is 23.1. The molecule has 0 radical (unpaired) electrons. The number of carbonyl (C=O) groups excluding carboxylic acids is 3. The molecule has 0 aliphatic rings. The van der Waals surface area contributed by atoms with Crippen LogP contribution >= 0.6 is 21.0 Å². The Balaban J connectivity index is 4.48. The van der Waals surface area contributed by atoms with Crippen LogP contribution in [0.15, 0.2) is 0 Å². The number of esters is 2. The number of halogens is 1. The number of hydrogen-bond acceptors (Lipinski definition) is 7. The number of rotatable bonds is 22. The van der Waals surface area contributed by atoms with Crippen molar-refractivity contribution < 1.29 is 36.3 Å². The SMILES string of the molecule is C=I[N+](CCCCCCCC(=O)OC)(CCCCCCCC(=O)OC)OC(=O)CCCOC. The first-order valence-corrected chi connectivity index (χ1v) is 14.5. The summed E-state index contributed by atoms with van der Waals surface area (Å²) in [5, 5.41) is 0. The molecule has 0 aromatic carbocycles.